The van der Waals surface area contributed by atoms with Crippen LogP contribution in [0.25, 0.3) is 0 Å². The molecule has 0 amide bonds. The second-order valence-corrected chi connectivity index (χ2v) is 5.09. The molecule has 1 N–H and O–H groups in total. The van der Waals surface area contributed by atoms with Crippen molar-refractivity contribution in [3.63, 3.8) is 0 Å². The topological polar surface area (TPSA) is 47.3 Å². The van der Waals surface area contributed by atoms with Gasteiger partial charge in [-0.1, -0.05) is 12.1 Å². The summed E-state index contributed by atoms with van der Waals surface area (Å²) >= 11 is 0. The molecule has 20 heavy (non-hydrogen) atoms. The van der Waals surface area contributed by atoms with Crippen molar-refractivity contribution in [1.29, 1.82) is 0 Å². The van der Waals surface area contributed by atoms with Gasteiger partial charge in [-0.2, -0.15) is 0 Å². The van der Waals surface area contributed by atoms with Crippen molar-refractivity contribution in [3.05, 3.63) is 48.0 Å². The van der Waals surface area contributed by atoms with Gasteiger partial charge in [-0.15, -0.1) is 0 Å². The molecule has 4 nitrogen and oxygen atoms in total. The molecule has 0 aliphatic carbocycles. The van der Waals surface area contributed by atoms with Crippen LogP contribution in [0.5, 0.6) is 5.75 Å². The highest BCUT2D eigenvalue weighted by Crippen LogP contribution is 2.17. The number of hydrogen-bond acceptors (Lipinski definition) is 3. The van der Waals surface area contributed by atoms with Crippen molar-refractivity contribution in [1.82, 2.24) is 9.55 Å². The van der Waals surface area contributed by atoms with Crippen molar-refractivity contribution in [2.75, 3.05) is 13.7 Å². The third-order valence-electron chi connectivity index (χ3n) is 3.64. The summed E-state index contributed by atoms with van der Waals surface area (Å²) in [6.07, 6.45) is 6.47. The van der Waals surface area contributed by atoms with E-state index in [4.69, 9.17) is 4.74 Å². The molecule has 0 fully saturated rings. The molecule has 0 saturated carbocycles. The highest BCUT2D eigenvalue weighted by molar-refractivity contribution is 5.27. The van der Waals surface area contributed by atoms with E-state index in [2.05, 4.69) is 17.1 Å². The van der Waals surface area contributed by atoms with Crippen LogP contribution in [0.15, 0.2) is 36.7 Å². The normalized spacial score (nSPS) is 12.3. The van der Waals surface area contributed by atoms with Crippen LogP contribution in [0.1, 0.15) is 17.8 Å². The molecular weight excluding hydrogens is 252 g/mol. The molecule has 4 heteroatoms. The summed E-state index contributed by atoms with van der Waals surface area (Å²) in [6.45, 7) is 0.205. The Morgan fingerprint density at radius 2 is 2.05 bits per heavy atom. The zero-order valence-electron chi connectivity index (χ0n) is 12.1. The Morgan fingerprint density at radius 1 is 1.30 bits per heavy atom. The molecule has 1 aromatic heterocycles. The minimum absolute atomic E-state index is 0.205. The van der Waals surface area contributed by atoms with Gasteiger partial charge < -0.3 is 14.4 Å². The van der Waals surface area contributed by atoms with Crippen molar-refractivity contribution in [2.45, 2.75) is 19.3 Å². The third-order valence-corrected chi connectivity index (χ3v) is 3.64. The number of methoxy groups -OCH3 is 1. The molecule has 0 aliphatic rings. The van der Waals surface area contributed by atoms with E-state index in [0.29, 0.717) is 0 Å². The quantitative estimate of drug-likeness (QED) is 0.842. The van der Waals surface area contributed by atoms with Crippen LogP contribution in [-0.2, 0) is 19.9 Å². The van der Waals surface area contributed by atoms with E-state index in [0.717, 1.165) is 30.8 Å². The lowest BCUT2D eigenvalue weighted by molar-refractivity contribution is 0.217. The molecule has 2 rings (SSSR count). The number of aryl methyl sites for hydroxylation is 2. The van der Waals surface area contributed by atoms with Crippen molar-refractivity contribution in [3.8, 4) is 5.75 Å². The maximum atomic E-state index is 9.53. The molecule has 2 aromatic rings. The lowest BCUT2D eigenvalue weighted by Gasteiger charge is -2.14. The number of imidazole rings is 1. The van der Waals surface area contributed by atoms with Gasteiger partial charge in [-0.05, 0) is 36.5 Å². The standard InChI is InChI=1S/C16H22N2O2/c1-18-10-9-17-16(18)8-5-14(12-19)11-13-3-6-15(20-2)7-4-13/h3-4,6-7,9-10,14,19H,5,8,11-12H2,1-2H3. The highest BCUT2D eigenvalue weighted by Gasteiger charge is 2.10. The first-order valence-corrected chi connectivity index (χ1v) is 6.93. The van der Waals surface area contributed by atoms with Gasteiger partial charge in [0.15, 0.2) is 0 Å². The van der Waals surface area contributed by atoms with Gasteiger partial charge in [0.25, 0.3) is 0 Å². The van der Waals surface area contributed by atoms with E-state index < -0.39 is 0 Å². The number of aliphatic hydroxyl groups is 1. The minimum Gasteiger partial charge on any atom is -0.497 e. The Kier molecular flexibility index (Phi) is 5.18. The Morgan fingerprint density at radius 3 is 2.60 bits per heavy atom. The van der Waals surface area contributed by atoms with Gasteiger partial charge in [-0.3, -0.25) is 0 Å². The van der Waals surface area contributed by atoms with Crippen LogP contribution >= 0.6 is 0 Å². The summed E-state index contributed by atoms with van der Waals surface area (Å²) in [5, 5.41) is 9.53. The van der Waals surface area contributed by atoms with E-state index >= 15 is 0 Å². The fourth-order valence-corrected chi connectivity index (χ4v) is 2.32. The first-order valence-electron chi connectivity index (χ1n) is 6.93. The molecule has 0 saturated heterocycles. The molecule has 1 heterocycles. The molecule has 1 unspecified atom stereocenters. The fourth-order valence-electron chi connectivity index (χ4n) is 2.32. The minimum atomic E-state index is 0.205. The average molecular weight is 274 g/mol. The summed E-state index contributed by atoms with van der Waals surface area (Å²) in [5.74, 6) is 2.19. The maximum Gasteiger partial charge on any atom is 0.118 e. The molecule has 1 atom stereocenters. The summed E-state index contributed by atoms with van der Waals surface area (Å²) in [4.78, 5) is 4.32. The van der Waals surface area contributed by atoms with Crippen LogP contribution in [-0.4, -0.2) is 28.4 Å². The first kappa shape index (κ1) is 14.6. The van der Waals surface area contributed by atoms with Crippen LogP contribution in [0.2, 0.25) is 0 Å². The lowest BCUT2D eigenvalue weighted by atomic mass is 9.95. The number of aromatic nitrogens is 2. The van der Waals surface area contributed by atoms with Gasteiger partial charge in [0.1, 0.15) is 11.6 Å². The molecule has 1 aromatic carbocycles. The Balaban J connectivity index is 1.89. The Hall–Kier alpha value is -1.81. The third kappa shape index (κ3) is 3.84. The van der Waals surface area contributed by atoms with Gasteiger partial charge in [0, 0.05) is 32.5 Å². The molecule has 0 spiro atoms. The number of rotatable bonds is 7. The molecule has 0 radical (unpaired) electrons. The van der Waals surface area contributed by atoms with Crippen LogP contribution in [0.3, 0.4) is 0 Å². The van der Waals surface area contributed by atoms with Crippen molar-refractivity contribution in [2.24, 2.45) is 13.0 Å². The highest BCUT2D eigenvalue weighted by atomic mass is 16.5. The second kappa shape index (κ2) is 7.10. The Labute approximate surface area is 120 Å². The number of benzene rings is 1. The largest absolute Gasteiger partial charge is 0.497 e. The molecule has 0 bridgehead atoms. The van der Waals surface area contributed by atoms with Gasteiger partial charge in [-0.25, -0.2) is 4.98 Å². The Bertz CT molecular complexity index is 520. The zero-order valence-corrected chi connectivity index (χ0v) is 12.1. The average Bonchev–Trinajstić information content (AvgIpc) is 2.89. The van der Waals surface area contributed by atoms with Crippen molar-refractivity contribution < 1.29 is 9.84 Å². The van der Waals surface area contributed by atoms with Crippen LogP contribution < -0.4 is 4.74 Å². The van der Waals surface area contributed by atoms with E-state index in [1.54, 1.807) is 7.11 Å². The maximum absolute atomic E-state index is 9.53. The summed E-state index contributed by atoms with van der Waals surface area (Å²) in [7, 11) is 3.66. The van der Waals surface area contributed by atoms with E-state index in [9.17, 15) is 5.11 Å². The monoisotopic (exact) mass is 274 g/mol. The van der Waals surface area contributed by atoms with Gasteiger partial charge in [0.05, 0.1) is 7.11 Å². The second-order valence-electron chi connectivity index (χ2n) is 5.09. The summed E-state index contributed by atoms with van der Waals surface area (Å²) < 4.78 is 7.18. The van der Waals surface area contributed by atoms with Crippen LogP contribution in [0.4, 0.5) is 0 Å². The van der Waals surface area contributed by atoms with E-state index in [1.165, 1.54) is 5.56 Å². The summed E-state index contributed by atoms with van der Waals surface area (Å²) in [6, 6.07) is 8.04. The van der Waals surface area contributed by atoms with Crippen molar-refractivity contribution >= 4 is 0 Å². The molecular formula is C16H22N2O2. The predicted octanol–water partition coefficient (Wildman–Crippen LogP) is 2.21. The van der Waals surface area contributed by atoms with Crippen LogP contribution in [0, 0.1) is 5.92 Å². The van der Waals surface area contributed by atoms with E-state index in [-0.39, 0.29) is 12.5 Å². The first-order chi connectivity index (χ1) is 9.72. The number of nitrogens with zero attached hydrogens (tertiary/aromatic N) is 2. The zero-order chi connectivity index (χ0) is 14.4. The lowest BCUT2D eigenvalue weighted by Crippen LogP contribution is -2.12. The summed E-state index contributed by atoms with van der Waals surface area (Å²) in [5.41, 5.74) is 1.23. The smallest absolute Gasteiger partial charge is 0.118 e. The predicted molar refractivity (Wildman–Crippen MR) is 78.8 cm³/mol. The SMILES string of the molecule is COc1ccc(CC(CO)CCc2nccn2C)cc1. The number of hydrogen-bond donors (Lipinski definition) is 1. The molecule has 108 valence electrons. The van der Waals surface area contributed by atoms with Gasteiger partial charge in [0.2, 0.25) is 0 Å². The molecule has 0 aliphatic heterocycles. The van der Waals surface area contributed by atoms with Gasteiger partial charge >= 0.3 is 0 Å². The van der Waals surface area contributed by atoms with E-state index in [1.807, 2.05) is 36.1 Å². The fraction of sp³-hybridized carbons (Fsp3) is 0.438. The number of aliphatic hydroxyl groups excluding tert-OH is 1. The number of ether oxygens (including phenoxy) is 1.